The molecule has 0 bridgehead atoms. The van der Waals surface area contributed by atoms with E-state index < -0.39 is 34.8 Å². The Balaban J connectivity index is 2.33. The first-order valence-electron chi connectivity index (χ1n) is 7.15. The number of aromatic carboxylic acids is 1. The molecule has 1 unspecified atom stereocenters. The first-order chi connectivity index (χ1) is 10.9. The minimum atomic E-state index is -1.51. The van der Waals surface area contributed by atoms with Crippen LogP contribution >= 0.6 is 0 Å². The highest BCUT2D eigenvalue weighted by molar-refractivity contribution is 5.97. The van der Waals surface area contributed by atoms with Gasteiger partial charge in [-0.05, 0) is 13.3 Å². The van der Waals surface area contributed by atoms with Gasteiger partial charge < -0.3 is 29.5 Å². The standard InChI is InChI=1S/C14H18N2O7/c1-2-23-5-3-4-16-9(17)7-15-6-8(14(21)22)11(18)12(19)10(15)13(16)20/h6,9,17,19H,2-5,7H2,1H3,(H,21,22). The van der Waals surface area contributed by atoms with Gasteiger partial charge in [0.1, 0.15) is 11.8 Å². The summed E-state index contributed by atoms with van der Waals surface area (Å²) in [6, 6.07) is 0. The van der Waals surface area contributed by atoms with E-state index in [9.17, 15) is 24.6 Å². The van der Waals surface area contributed by atoms with Gasteiger partial charge in [0, 0.05) is 26.0 Å². The van der Waals surface area contributed by atoms with Gasteiger partial charge in [-0.1, -0.05) is 0 Å². The number of amides is 1. The average Bonchev–Trinajstić information content (AvgIpc) is 2.49. The summed E-state index contributed by atoms with van der Waals surface area (Å²) >= 11 is 0. The van der Waals surface area contributed by atoms with Crippen LogP contribution in [0.3, 0.4) is 0 Å². The number of carbonyl (C=O) groups is 2. The van der Waals surface area contributed by atoms with Crippen LogP contribution in [-0.2, 0) is 11.3 Å². The molecule has 23 heavy (non-hydrogen) atoms. The second-order valence-corrected chi connectivity index (χ2v) is 5.06. The van der Waals surface area contributed by atoms with Crippen LogP contribution in [0, 0.1) is 0 Å². The van der Waals surface area contributed by atoms with Gasteiger partial charge >= 0.3 is 5.97 Å². The second-order valence-electron chi connectivity index (χ2n) is 5.06. The lowest BCUT2D eigenvalue weighted by Gasteiger charge is -2.34. The lowest BCUT2D eigenvalue weighted by molar-refractivity contribution is -0.0156. The molecular weight excluding hydrogens is 308 g/mol. The summed E-state index contributed by atoms with van der Waals surface area (Å²) < 4.78 is 6.25. The summed E-state index contributed by atoms with van der Waals surface area (Å²) in [6.45, 7) is 2.83. The minimum Gasteiger partial charge on any atom is -0.503 e. The summed E-state index contributed by atoms with van der Waals surface area (Å²) in [4.78, 5) is 36.3. The number of aromatic nitrogens is 1. The largest absolute Gasteiger partial charge is 0.503 e. The molecule has 1 amide bonds. The Bertz CT molecular complexity index is 682. The summed E-state index contributed by atoms with van der Waals surface area (Å²) in [5, 5.41) is 28.9. The highest BCUT2D eigenvalue weighted by atomic mass is 16.5. The normalized spacial score (nSPS) is 17.2. The number of fused-ring (bicyclic) bond motifs is 1. The molecule has 1 aliphatic heterocycles. The van der Waals surface area contributed by atoms with Crippen LogP contribution < -0.4 is 5.43 Å². The molecule has 0 aromatic carbocycles. The highest BCUT2D eigenvalue weighted by Gasteiger charge is 2.35. The maximum Gasteiger partial charge on any atom is 0.341 e. The third-order valence-electron chi connectivity index (χ3n) is 3.56. The van der Waals surface area contributed by atoms with Crippen LogP contribution in [0.5, 0.6) is 5.75 Å². The predicted molar refractivity (Wildman–Crippen MR) is 77.5 cm³/mol. The Morgan fingerprint density at radius 2 is 2.13 bits per heavy atom. The van der Waals surface area contributed by atoms with Gasteiger partial charge in [-0.15, -0.1) is 0 Å². The van der Waals surface area contributed by atoms with Crippen LogP contribution in [0.2, 0.25) is 0 Å². The molecule has 0 saturated heterocycles. The monoisotopic (exact) mass is 326 g/mol. The minimum absolute atomic E-state index is 0.135. The predicted octanol–water partition coefficient (Wildman–Crippen LogP) is -0.547. The third kappa shape index (κ3) is 3.20. The molecule has 1 atom stereocenters. The van der Waals surface area contributed by atoms with Crippen molar-refractivity contribution in [2.24, 2.45) is 0 Å². The van der Waals surface area contributed by atoms with Crippen LogP contribution in [0.25, 0.3) is 0 Å². The van der Waals surface area contributed by atoms with E-state index >= 15 is 0 Å². The molecule has 2 rings (SSSR count). The Morgan fingerprint density at radius 3 is 2.74 bits per heavy atom. The van der Waals surface area contributed by atoms with Crippen LogP contribution in [0.15, 0.2) is 11.0 Å². The molecule has 9 heteroatoms. The number of carbonyl (C=O) groups excluding carboxylic acids is 1. The van der Waals surface area contributed by atoms with E-state index in [1.54, 1.807) is 0 Å². The molecule has 0 radical (unpaired) electrons. The lowest BCUT2D eigenvalue weighted by Crippen LogP contribution is -2.49. The van der Waals surface area contributed by atoms with E-state index in [4.69, 9.17) is 9.84 Å². The zero-order valence-corrected chi connectivity index (χ0v) is 12.6. The van der Waals surface area contributed by atoms with Gasteiger partial charge in [-0.2, -0.15) is 0 Å². The number of pyridine rings is 1. The smallest absolute Gasteiger partial charge is 0.341 e. The molecule has 1 aromatic heterocycles. The number of aliphatic hydroxyl groups is 1. The van der Waals surface area contributed by atoms with Crippen molar-refractivity contribution in [2.45, 2.75) is 26.1 Å². The third-order valence-corrected chi connectivity index (χ3v) is 3.56. The maximum absolute atomic E-state index is 12.4. The van der Waals surface area contributed by atoms with E-state index in [2.05, 4.69) is 0 Å². The van der Waals surface area contributed by atoms with Crippen LogP contribution in [0.4, 0.5) is 0 Å². The van der Waals surface area contributed by atoms with E-state index in [0.29, 0.717) is 19.6 Å². The molecule has 126 valence electrons. The fraction of sp³-hybridized carbons (Fsp3) is 0.500. The molecule has 3 N–H and O–H groups in total. The van der Waals surface area contributed by atoms with Crippen molar-refractivity contribution in [1.29, 1.82) is 0 Å². The van der Waals surface area contributed by atoms with Crippen LogP contribution in [-0.4, -0.2) is 62.6 Å². The van der Waals surface area contributed by atoms with Gasteiger partial charge in [-0.3, -0.25) is 9.59 Å². The summed E-state index contributed by atoms with van der Waals surface area (Å²) in [5.74, 6) is -3.16. The number of aromatic hydroxyl groups is 1. The number of carboxylic acid groups (broad SMARTS) is 1. The molecule has 9 nitrogen and oxygen atoms in total. The van der Waals surface area contributed by atoms with Crippen molar-refractivity contribution < 1.29 is 29.6 Å². The SMILES string of the molecule is CCOCCCN1C(=O)c2c(O)c(=O)c(C(=O)O)cn2CC1O. The van der Waals surface area contributed by atoms with Crippen molar-refractivity contribution >= 4 is 11.9 Å². The van der Waals surface area contributed by atoms with Crippen molar-refractivity contribution in [3.8, 4) is 5.75 Å². The van der Waals surface area contributed by atoms with Crippen molar-refractivity contribution in [3.63, 3.8) is 0 Å². The Labute approximate surface area is 131 Å². The summed E-state index contributed by atoms with van der Waals surface area (Å²) in [7, 11) is 0. The van der Waals surface area contributed by atoms with Gasteiger partial charge in [0.15, 0.2) is 11.4 Å². The van der Waals surface area contributed by atoms with Crippen molar-refractivity contribution in [3.05, 3.63) is 27.7 Å². The molecule has 0 spiro atoms. The number of hydrogen-bond donors (Lipinski definition) is 3. The molecule has 2 heterocycles. The molecule has 0 fully saturated rings. The summed E-state index contributed by atoms with van der Waals surface area (Å²) in [6.07, 6.45) is 0.257. The van der Waals surface area contributed by atoms with Gasteiger partial charge in [-0.25, -0.2) is 4.79 Å². The van der Waals surface area contributed by atoms with E-state index in [-0.39, 0.29) is 18.8 Å². The number of aliphatic hydroxyl groups excluding tert-OH is 1. The number of rotatable bonds is 6. The Morgan fingerprint density at radius 1 is 1.43 bits per heavy atom. The van der Waals surface area contributed by atoms with Crippen molar-refractivity contribution in [2.75, 3.05) is 19.8 Å². The highest BCUT2D eigenvalue weighted by Crippen LogP contribution is 2.23. The van der Waals surface area contributed by atoms with E-state index in [0.717, 1.165) is 15.7 Å². The van der Waals surface area contributed by atoms with E-state index in [1.165, 1.54) is 0 Å². The van der Waals surface area contributed by atoms with Gasteiger partial charge in [0.2, 0.25) is 5.43 Å². The Hall–Kier alpha value is -2.39. The zero-order valence-electron chi connectivity index (χ0n) is 12.6. The average molecular weight is 326 g/mol. The fourth-order valence-electron chi connectivity index (χ4n) is 2.45. The van der Waals surface area contributed by atoms with Crippen molar-refractivity contribution in [1.82, 2.24) is 9.47 Å². The first kappa shape index (κ1) is 17.0. The molecule has 0 aliphatic carbocycles. The lowest BCUT2D eigenvalue weighted by atomic mass is 10.1. The number of ether oxygens (including phenoxy) is 1. The number of carboxylic acids is 1. The van der Waals surface area contributed by atoms with E-state index in [1.807, 2.05) is 6.92 Å². The summed E-state index contributed by atoms with van der Waals surface area (Å²) in [5.41, 5.74) is -2.10. The molecular formula is C14H18N2O7. The maximum atomic E-state index is 12.4. The fourth-order valence-corrected chi connectivity index (χ4v) is 2.45. The number of hydrogen-bond acceptors (Lipinski definition) is 6. The Kier molecular flexibility index (Phi) is 5.02. The van der Waals surface area contributed by atoms with Crippen LogP contribution in [0.1, 0.15) is 34.2 Å². The molecule has 0 saturated carbocycles. The van der Waals surface area contributed by atoms with Gasteiger partial charge in [0.25, 0.3) is 5.91 Å². The molecule has 1 aliphatic rings. The zero-order chi connectivity index (χ0) is 17.1. The molecule has 1 aromatic rings. The quantitative estimate of drug-likeness (QED) is 0.598. The topological polar surface area (TPSA) is 129 Å². The first-order valence-corrected chi connectivity index (χ1v) is 7.15. The number of nitrogens with zero attached hydrogens (tertiary/aromatic N) is 2. The van der Waals surface area contributed by atoms with Gasteiger partial charge in [0.05, 0.1) is 6.54 Å². The second kappa shape index (κ2) is 6.80.